The number of benzene rings is 2. The normalized spacial score (nSPS) is 16.8. The third-order valence-electron chi connectivity index (χ3n) is 6.41. The Morgan fingerprint density at radius 2 is 1.42 bits per heavy atom. The lowest BCUT2D eigenvalue weighted by Gasteiger charge is -2.21. The van der Waals surface area contributed by atoms with E-state index in [9.17, 15) is 20.0 Å². The molecule has 2 aromatic carbocycles. The lowest BCUT2D eigenvalue weighted by atomic mass is 10.0. The van der Waals surface area contributed by atoms with Gasteiger partial charge in [-0.25, -0.2) is 0 Å². The van der Waals surface area contributed by atoms with Crippen molar-refractivity contribution < 1.29 is 19.6 Å². The molecule has 1 N–H and O–H groups in total. The Bertz CT molecular complexity index is 941. The van der Waals surface area contributed by atoms with Crippen LogP contribution in [0.4, 0.5) is 5.69 Å². The van der Waals surface area contributed by atoms with E-state index in [1.807, 2.05) is 12.1 Å². The molecule has 4 rings (SSSR count). The number of likely N-dealkylation sites (tertiary alicyclic amines) is 2. The number of nitro groups is 1. The predicted octanol–water partition coefficient (Wildman–Crippen LogP) is 3.78. The van der Waals surface area contributed by atoms with Crippen LogP contribution in [0.1, 0.15) is 47.9 Å². The van der Waals surface area contributed by atoms with Crippen LogP contribution in [0.15, 0.2) is 36.4 Å². The highest BCUT2D eigenvalue weighted by Gasteiger charge is 2.20. The summed E-state index contributed by atoms with van der Waals surface area (Å²) in [6, 6.07) is 9.84. The standard InChI is InChI=1S/C25H31N3O5/c29-24(33-18-19-5-7-23(8-6-19)28(31)32)15-20-13-21(16-26-9-1-2-10-26)25(30)22(14-20)17-27-11-3-4-12-27/h5-8,13-14,30H,1-4,9-12,15-18H2. The zero-order valence-corrected chi connectivity index (χ0v) is 18.9. The fourth-order valence-electron chi connectivity index (χ4n) is 4.63. The molecule has 0 radical (unpaired) electrons. The molecule has 2 heterocycles. The second-order valence-corrected chi connectivity index (χ2v) is 8.99. The fourth-order valence-corrected chi connectivity index (χ4v) is 4.63. The molecule has 8 heteroatoms. The van der Waals surface area contributed by atoms with Crippen molar-refractivity contribution in [3.05, 3.63) is 68.8 Å². The molecule has 2 aromatic rings. The maximum Gasteiger partial charge on any atom is 0.310 e. The van der Waals surface area contributed by atoms with Gasteiger partial charge in [0, 0.05) is 36.3 Å². The number of rotatable bonds is 9. The Labute approximate surface area is 193 Å². The molecule has 0 amide bonds. The number of ether oxygens (including phenoxy) is 1. The third-order valence-corrected chi connectivity index (χ3v) is 6.41. The molecular weight excluding hydrogens is 422 g/mol. The quantitative estimate of drug-likeness (QED) is 0.351. The number of hydrogen-bond donors (Lipinski definition) is 1. The summed E-state index contributed by atoms with van der Waals surface area (Å²) >= 11 is 0. The van der Waals surface area contributed by atoms with E-state index < -0.39 is 4.92 Å². The van der Waals surface area contributed by atoms with Gasteiger partial charge in [-0.1, -0.05) is 12.1 Å². The predicted molar refractivity (Wildman–Crippen MR) is 124 cm³/mol. The molecule has 0 spiro atoms. The molecule has 8 nitrogen and oxygen atoms in total. The summed E-state index contributed by atoms with van der Waals surface area (Å²) in [7, 11) is 0. The average molecular weight is 454 g/mol. The topological polar surface area (TPSA) is 96.2 Å². The summed E-state index contributed by atoms with van der Waals surface area (Å²) in [6.45, 7) is 5.56. The van der Waals surface area contributed by atoms with Crippen LogP contribution in [0.5, 0.6) is 5.75 Å². The number of carbonyl (C=O) groups excluding carboxylic acids is 1. The minimum absolute atomic E-state index is 0.00485. The van der Waals surface area contributed by atoms with E-state index in [-0.39, 0.29) is 24.7 Å². The summed E-state index contributed by atoms with van der Waals surface area (Å²) in [5.74, 6) is -0.0184. The van der Waals surface area contributed by atoms with Crippen LogP contribution in [0, 0.1) is 10.1 Å². The molecule has 0 bridgehead atoms. The Hall–Kier alpha value is -2.97. The van der Waals surface area contributed by atoms with Gasteiger partial charge in [0.1, 0.15) is 12.4 Å². The minimum atomic E-state index is -0.458. The van der Waals surface area contributed by atoms with Gasteiger partial charge >= 0.3 is 5.97 Å². The zero-order chi connectivity index (χ0) is 23.2. The number of carbonyl (C=O) groups is 1. The Morgan fingerprint density at radius 1 is 0.909 bits per heavy atom. The van der Waals surface area contributed by atoms with Gasteiger partial charge in [-0.2, -0.15) is 0 Å². The van der Waals surface area contributed by atoms with Crippen LogP contribution in [0.2, 0.25) is 0 Å². The molecule has 0 atom stereocenters. The number of hydrogen-bond acceptors (Lipinski definition) is 7. The molecule has 0 saturated carbocycles. The van der Waals surface area contributed by atoms with Crippen molar-refractivity contribution in [1.29, 1.82) is 0 Å². The minimum Gasteiger partial charge on any atom is -0.507 e. The van der Waals surface area contributed by atoms with Crippen LogP contribution in [-0.2, 0) is 35.6 Å². The molecule has 176 valence electrons. The highest BCUT2D eigenvalue weighted by Crippen LogP contribution is 2.29. The molecular formula is C25H31N3O5. The smallest absolute Gasteiger partial charge is 0.310 e. The summed E-state index contributed by atoms with van der Waals surface area (Å²) in [6.07, 6.45) is 4.82. The van der Waals surface area contributed by atoms with Gasteiger partial charge in [0.05, 0.1) is 11.3 Å². The number of nitro benzene ring substituents is 1. The molecule has 2 fully saturated rings. The Balaban J connectivity index is 1.44. The van der Waals surface area contributed by atoms with E-state index in [1.54, 1.807) is 12.1 Å². The first-order valence-electron chi connectivity index (χ1n) is 11.7. The molecule has 2 saturated heterocycles. The summed E-state index contributed by atoms with van der Waals surface area (Å²) in [4.78, 5) is 27.5. The number of aromatic hydroxyl groups is 1. The van der Waals surface area contributed by atoms with E-state index in [2.05, 4.69) is 9.80 Å². The molecule has 0 aliphatic carbocycles. The van der Waals surface area contributed by atoms with Gasteiger partial charge in [0.2, 0.25) is 0 Å². The second kappa shape index (κ2) is 10.8. The van der Waals surface area contributed by atoms with Crippen molar-refractivity contribution in [1.82, 2.24) is 9.80 Å². The monoisotopic (exact) mass is 453 g/mol. The van der Waals surface area contributed by atoms with Crippen molar-refractivity contribution in [3.8, 4) is 5.75 Å². The number of non-ortho nitro benzene ring substituents is 1. The third kappa shape index (κ3) is 6.30. The van der Waals surface area contributed by atoms with Gasteiger partial charge in [0.25, 0.3) is 5.69 Å². The number of phenols is 1. The summed E-state index contributed by atoms with van der Waals surface area (Å²) in [5, 5.41) is 21.7. The van der Waals surface area contributed by atoms with E-state index in [4.69, 9.17) is 4.74 Å². The van der Waals surface area contributed by atoms with Crippen molar-refractivity contribution in [2.24, 2.45) is 0 Å². The molecule has 2 aliphatic heterocycles. The molecule has 0 unspecified atom stereocenters. The van der Waals surface area contributed by atoms with Gasteiger partial charge in [-0.15, -0.1) is 0 Å². The van der Waals surface area contributed by atoms with Gasteiger partial charge in [-0.05, 0) is 75.1 Å². The number of nitrogens with zero attached hydrogens (tertiary/aromatic N) is 3. The highest BCUT2D eigenvalue weighted by atomic mass is 16.6. The highest BCUT2D eigenvalue weighted by molar-refractivity contribution is 5.73. The van der Waals surface area contributed by atoms with E-state index in [1.165, 1.54) is 37.8 Å². The van der Waals surface area contributed by atoms with Crippen molar-refractivity contribution in [2.75, 3.05) is 26.2 Å². The van der Waals surface area contributed by atoms with Crippen LogP contribution in [-0.4, -0.2) is 52.0 Å². The van der Waals surface area contributed by atoms with Crippen molar-refractivity contribution >= 4 is 11.7 Å². The van der Waals surface area contributed by atoms with Crippen LogP contribution in [0.3, 0.4) is 0 Å². The SMILES string of the molecule is O=C(Cc1cc(CN2CCCC2)c(O)c(CN2CCCC2)c1)OCc1ccc([N+](=O)[O-])cc1. The first-order chi connectivity index (χ1) is 16.0. The fraction of sp³-hybridized carbons (Fsp3) is 0.480. The molecule has 2 aliphatic rings. The number of phenolic OH excluding ortho intramolecular Hbond substituents is 1. The zero-order valence-electron chi connectivity index (χ0n) is 18.9. The van der Waals surface area contributed by atoms with Crippen molar-refractivity contribution in [3.63, 3.8) is 0 Å². The van der Waals surface area contributed by atoms with Crippen LogP contribution in [0.25, 0.3) is 0 Å². The van der Waals surface area contributed by atoms with Crippen molar-refractivity contribution in [2.45, 2.75) is 51.8 Å². The summed E-state index contributed by atoms with van der Waals surface area (Å²) in [5.41, 5.74) is 3.28. The van der Waals surface area contributed by atoms with Gasteiger partial charge in [-0.3, -0.25) is 24.7 Å². The van der Waals surface area contributed by atoms with E-state index in [0.717, 1.165) is 42.9 Å². The van der Waals surface area contributed by atoms with Gasteiger partial charge in [0.15, 0.2) is 0 Å². The van der Waals surface area contributed by atoms with E-state index in [0.29, 0.717) is 24.4 Å². The maximum atomic E-state index is 12.5. The second-order valence-electron chi connectivity index (χ2n) is 8.99. The first kappa shape index (κ1) is 23.2. The average Bonchev–Trinajstić information content (AvgIpc) is 3.50. The van der Waals surface area contributed by atoms with E-state index >= 15 is 0 Å². The number of esters is 1. The molecule has 33 heavy (non-hydrogen) atoms. The van der Waals surface area contributed by atoms with Gasteiger partial charge < -0.3 is 9.84 Å². The Kier molecular flexibility index (Phi) is 7.57. The Morgan fingerprint density at radius 3 is 1.91 bits per heavy atom. The molecule has 0 aromatic heterocycles. The lowest BCUT2D eigenvalue weighted by molar-refractivity contribution is -0.384. The maximum absolute atomic E-state index is 12.5. The van der Waals surface area contributed by atoms with Crippen LogP contribution < -0.4 is 0 Å². The first-order valence-corrected chi connectivity index (χ1v) is 11.7. The summed E-state index contributed by atoms with van der Waals surface area (Å²) < 4.78 is 5.42. The van der Waals surface area contributed by atoms with Crippen LogP contribution >= 0.6 is 0 Å². The lowest BCUT2D eigenvalue weighted by Crippen LogP contribution is -2.21. The largest absolute Gasteiger partial charge is 0.507 e.